The fourth-order valence-electron chi connectivity index (χ4n) is 1.53. The van der Waals surface area contributed by atoms with Gasteiger partial charge in [-0.25, -0.2) is 5.43 Å². The van der Waals surface area contributed by atoms with Gasteiger partial charge in [0.05, 0.1) is 0 Å². The first-order valence-corrected chi connectivity index (χ1v) is 7.68. The number of nitrogens with zero attached hydrogens (tertiary/aromatic N) is 1. The number of hydrazone groups is 1. The van der Waals surface area contributed by atoms with E-state index in [1.165, 1.54) is 11.8 Å². The lowest BCUT2D eigenvalue weighted by Crippen LogP contribution is -2.23. The monoisotopic (exact) mass is 308 g/mol. The molecular weight excluding hydrogens is 288 g/mol. The van der Waals surface area contributed by atoms with Crippen molar-refractivity contribution in [3.63, 3.8) is 0 Å². The van der Waals surface area contributed by atoms with Crippen LogP contribution in [0.4, 0.5) is 5.69 Å². The van der Waals surface area contributed by atoms with E-state index >= 15 is 0 Å². The van der Waals surface area contributed by atoms with Crippen molar-refractivity contribution in [3.8, 4) is 0 Å². The van der Waals surface area contributed by atoms with E-state index in [2.05, 4.69) is 15.8 Å². The fraction of sp³-hybridized carbons (Fsp3) is 0.357. The van der Waals surface area contributed by atoms with E-state index in [9.17, 15) is 9.59 Å². The molecule has 0 fully saturated rings. The van der Waals surface area contributed by atoms with Gasteiger partial charge in [0, 0.05) is 18.5 Å². The number of hydrogen-bond donors (Lipinski definition) is 3. The summed E-state index contributed by atoms with van der Waals surface area (Å²) in [6, 6.07) is 5.82. The summed E-state index contributed by atoms with van der Waals surface area (Å²) in [7, 11) is 0. The number of anilines is 1. The molecule has 7 heteroatoms. The number of amides is 2. The highest BCUT2D eigenvalue weighted by Gasteiger charge is 2.08. The molecular formula is C14H20N4O2S. The molecule has 0 aromatic heterocycles. The zero-order valence-electron chi connectivity index (χ0n) is 12.4. The van der Waals surface area contributed by atoms with E-state index in [-0.39, 0.29) is 29.8 Å². The van der Waals surface area contributed by atoms with E-state index in [4.69, 9.17) is 5.73 Å². The Balaban J connectivity index is 2.44. The molecule has 0 aliphatic heterocycles. The number of benzene rings is 1. The van der Waals surface area contributed by atoms with Crippen LogP contribution < -0.4 is 16.5 Å². The third kappa shape index (κ3) is 6.31. The molecule has 6 nitrogen and oxygen atoms in total. The van der Waals surface area contributed by atoms with Gasteiger partial charge in [0.2, 0.25) is 11.8 Å². The van der Waals surface area contributed by atoms with Crippen molar-refractivity contribution < 1.29 is 9.59 Å². The SMILES string of the molecule is CSC(N)=NNC(=O)CCC(=O)Nc1cc(C)ccc1C. The van der Waals surface area contributed by atoms with Gasteiger partial charge in [-0.05, 0) is 37.3 Å². The van der Waals surface area contributed by atoms with E-state index in [1.807, 2.05) is 32.0 Å². The molecule has 0 radical (unpaired) electrons. The van der Waals surface area contributed by atoms with Gasteiger partial charge in [-0.3, -0.25) is 9.59 Å². The molecule has 0 heterocycles. The third-order valence-corrected chi connectivity index (χ3v) is 3.26. The minimum Gasteiger partial charge on any atom is -0.377 e. The summed E-state index contributed by atoms with van der Waals surface area (Å²) < 4.78 is 0. The van der Waals surface area contributed by atoms with Crippen molar-refractivity contribution in [2.75, 3.05) is 11.6 Å². The average molecular weight is 308 g/mol. The molecule has 1 rings (SSSR count). The zero-order valence-corrected chi connectivity index (χ0v) is 13.2. The summed E-state index contributed by atoms with van der Waals surface area (Å²) in [6.45, 7) is 3.87. The first kappa shape index (κ1) is 17.0. The van der Waals surface area contributed by atoms with Crippen molar-refractivity contribution >= 4 is 34.4 Å². The van der Waals surface area contributed by atoms with Crippen LogP contribution in [0, 0.1) is 13.8 Å². The first-order chi connectivity index (χ1) is 9.92. The Morgan fingerprint density at radius 2 is 1.90 bits per heavy atom. The van der Waals surface area contributed by atoms with Crippen LogP contribution in [0.5, 0.6) is 0 Å². The normalized spacial score (nSPS) is 11.1. The predicted octanol–water partition coefficient (Wildman–Crippen LogP) is 1.73. The molecule has 1 aromatic carbocycles. The number of rotatable bonds is 5. The van der Waals surface area contributed by atoms with Gasteiger partial charge in [0.25, 0.3) is 0 Å². The Bertz CT molecular complexity index is 558. The Morgan fingerprint density at radius 1 is 1.24 bits per heavy atom. The topological polar surface area (TPSA) is 96.6 Å². The third-order valence-electron chi connectivity index (χ3n) is 2.75. The van der Waals surface area contributed by atoms with Crippen molar-refractivity contribution in [1.82, 2.24) is 5.43 Å². The molecule has 0 saturated carbocycles. The summed E-state index contributed by atoms with van der Waals surface area (Å²) in [5.41, 5.74) is 10.5. The number of nitrogens with two attached hydrogens (primary N) is 1. The Kier molecular flexibility index (Phi) is 6.74. The maximum atomic E-state index is 11.8. The van der Waals surface area contributed by atoms with Gasteiger partial charge in [0.15, 0.2) is 5.17 Å². The average Bonchev–Trinajstić information content (AvgIpc) is 2.46. The number of amidine groups is 1. The highest BCUT2D eigenvalue weighted by atomic mass is 32.2. The largest absolute Gasteiger partial charge is 0.377 e. The van der Waals surface area contributed by atoms with Gasteiger partial charge >= 0.3 is 0 Å². The molecule has 0 atom stereocenters. The maximum Gasteiger partial charge on any atom is 0.240 e. The highest BCUT2D eigenvalue weighted by Crippen LogP contribution is 2.16. The molecule has 0 aliphatic carbocycles. The highest BCUT2D eigenvalue weighted by molar-refractivity contribution is 8.13. The van der Waals surface area contributed by atoms with Gasteiger partial charge in [-0.1, -0.05) is 23.9 Å². The van der Waals surface area contributed by atoms with Gasteiger partial charge < -0.3 is 11.1 Å². The minimum atomic E-state index is -0.344. The lowest BCUT2D eigenvalue weighted by atomic mass is 10.1. The van der Waals surface area contributed by atoms with E-state index < -0.39 is 0 Å². The number of nitrogens with one attached hydrogen (secondary N) is 2. The summed E-state index contributed by atoms with van der Waals surface area (Å²) >= 11 is 1.23. The van der Waals surface area contributed by atoms with Gasteiger partial charge in [-0.2, -0.15) is 0 Å². The number of carbonyl (C=O) groups is 2. The Morgan fingerprint density at radius 3 is 2.57 bits per heavy atom. The second-order valence-corrected chi connectivity index (χ2v) is 5.38. The summed E-state index contributed by atoms with van der Waals surface area (Å²) in [5.74, 6) is -0.552. The first-order valence-electron chi connectivity index (χ1n) is 6.45. The molecule has 0 unspecified atom stereocenters. The molecule has 0 aliphatic rings. The van der Waals surface area contributed by atoms with Gasteiger partial charge in [-0.15, -0.1) is 5.10 Å². The van der Waals surface area contributed by atoms with Crippen LogP contribution in [0.15, 0.2) is 23.3 Å². The van der Waals surface area contributed by atoms with Gasteiger partial charge in [0.1, 0.15) is 0 Å². The molecule has 21 heavy (non-hydrogen) atoms. The van der Waals surface area contributed by atoms with Crippen molar-refractivity contribution in [3.05, 3.63) is 29.3 Å². The summed E-state index contributed by atoms with van der Waals surface area (Å²) in [6.07, 6.45) is 1.90. The number of thioether (sulfide) groups is 1. The summed E-state index contributed by atoms with van der Waals surface area (Å²) in [4.78, 5) is 23.3. The number of hydrogen-bond acceptors (Lipinski definition) is 4. The van der Waals surface area contributed by atoms with E-state index in [1.54, 1.807) is 6.26 Å². The molecule has 0 bridgehead atoms. The van der Waals surface area contributed by atoms with Crippen molar-refractivity contribution in [1.29, 1.82) is 0 Å². The number of carbonyl (C=O) groups excluding carboxylic acids is 2. The smallest absolute Gasteiger partial charge is 0.240 e. The quantitative estimate of drug-likeness (QED) is 0.438. The second-order valence-electron chi connectivity index (χ2n) is 4.56. The molecule has 0 spiro atoms. The molecule has 1 aromatic rings. The molecule has 114 valence electrons. The van der Waals surface area contributed by atoms with Crippen molar-refractivity contribution in [2.24, 2.45) is 10.8 Å². The van der Waals surface area contributed by atoms with Crippen LogP contribution in [-0.2, 0) is 9.59 Å². The molecule has 4 N–H and O–H groups in total. The van der Waals surface area contributed by atoms with Crippen LogP contribution in [0.3, 0.4) is 0 Å². The Labute approximate surface area is 128 Å². The van der Waals surface area contributed by atoms with Crippen LogP contribution >= 0.6 is 11.8 Å². The molecule has 2 amide bonds. The lowest BCUT2D eigenvalue weighted by molar-refractivity contribution is -0.124. The second kappa shape index (κ2) is 8.31. The lowest BCUT2D eigenvalue weighted by Gasteiger charge is -2.09. The fourth-order valence-corrected chi connectivity index (χ4v) is 1.67. The summed E-state index contributed by atoms with van der Waals surface area (Å²) in [5, 5.41) is 6.72. The minimum absolute atomic E-state index is 0.0574. The van der Waals surface area contributed by atoms with Crippen LogP contribution in [0.25, 0.3) is 0 Å². The number of aryl methyl sites for hydroxylation is 2. The standard InChI is InChI=1S/C14H20N4O2S/c1-9-4-5-10(2)11(8-9)16-12(19)6-7-13(20)17-18-14(15)21-3/h4-5,8H,6-7H2,1-3H3,(H2,15,18)(H,16,19)(H,17,20). The molecule has 0 saturated heterocycles. The van der Waals surface area contributed by atoms with E-state index in [0.717, 1.165) is 16.8 Å². The maximum absolute atomic E-state index is 11.8. The van der Waals surface area contributed by atoms with Crippen LogP contribution in [0.2, 0.25) is 0 Å². The van der Waals surface area contributed by atoms with E-state index in [0.29, 0.717) is 0 Å². The Hall–Kier alpha value is -2.02. The predicted molar refractivity (Wildman–Crippen MR) is 87.1 cm³/mol. The van der Waals surface area contributed by atoms with Crippen molar-refractivity contribution in [2.45, 2.75) is 26.7 Å². The van der Waals surface area contributed by atoms with Crippen LogP contribution in [-0.4, -0.2) is 23.2 Å². The zero-order chi connectivity index (χ0) is 15.8. The van der Waals surface area contributed by atoms with Crippen LogP contribution in [0.1, 0.15) is 24.0 Å².